The van der Waals surface area contributed by atoms with Gasteiger partial charge < -0.3 is 18.9 Å². The zero-order valence-electron chi connectivity index (χ0n) is 17.3. The first-order chi connectivity index (χ1) is 13.5. The van der Waals surface area contributed by atoms with Crippen LogP contribution < -0.4 is 9.47 Å². The third-order valence-corrected chi connectivity index (χ3v) is 5.68. The van der Waals surface area contributed by atoms with E-state index in [-0.39, 0.29) is 17.6 Å². The van der Waals surface area contributed by atoms with E-state index in [9.17, 15) is 0 Å². The van der Waals surface area contributed by atoms with E-state index in [0.717, 1.165) is 31.1 Å². The van der Waals surface area contributed by atoms with Crippen LogP contribution in [0.5, 0.6) is 11.5 Å². The highest BCUT2D eigenvalue weighted by Gasteiger charge is 2.27. The molecule has 4 nitrogen and oxygen atoms in total. The highest BCUT2D eigenvalue weighted by atomic mass is 16.6. The molecule has 2 aromatic carbocycles. The Hall–Kier alpha value is -2.04. The molecule has 2 aromatic rings. The molecule has 28 heavy (non-hydrogen) atoms. The summed E-state index contributed by atoms with van der Waals surface area (Å²) in [5, 5.41) is 0. The van der Waals surface area contributed by atoms with Gasteiger partial charge in [-0.05, 0) is 47.7 Å². The summed E-state index contributed by atoms with van der Waals surface area (Å²) in [4.78, 5) is 0. The van der Waals surface area contributed by atoms with Crippen molar-refractivity contribution in [3.8, 4) is 11.5 Å². The summed E-state index contributed by atoms with van der Waals surface area (Å²) >= 11 is 0. The second kappa shape index (κ2) is 7.76. The Morgan fingerprint density at radius 2 is 1.54 bits per heavy atom. The van der Waals surface area contributed by atoms with Crippen LogP contribution >= 0.6 is 0 Å². The van der Waals surface area contributed by atoms with E-state index in [1.165, 1.54) is 22.3 Å². The summed E-state index contributed by atoms with van der Waals surface area (Å²) in [7, 11) is 0. The molecule has 2 heterocycles. The number of aryl methyl sites for hydroxylation is 2. The fourth-order valence-electron chi connectivity index (χ4n) is 3.51. The Morgan fingerprint density at radius 3 is 2.11 bits per heavy atom. The van der Waals surface area contributed by atoms with Gasteiger partial charge in [0.1, 0.15) is 36.9 Å². The molecule has 0 amide bonds. The van der Waals surface area contributed by atoms with Gasteiger partial charge in [-0.3, -0.25) is 0 Å². The number of benzene rings is 2. The van der Waals surface area contributed by atoms with E-state index >= 15 is 0 Å². The number of rotatable bonds is 9. The van der Waals surface area contributed by atoms with Gasteiger partial charge in [-0.25, -0.2) is 0 Å². The smallest absolute Gasteiger partial charge is 0.125 e. The van der Waals surface area contributed by atoms with Crippen molar-refractivity contribution < 1.29 is 18.9 Å². The normalized spacial score (nSPS) is 20.7. The first kappa shape index (κ1) is 19.3. The van der Waals surface area contributed by atoms with E-state index < -0.39 is 0 Å². The summed E-state index contributed by atoms with van der Waals surface area (Å²) in [5.74, 6) is 1.91. The molecule has 4 rings (SSSR count). The average molecular weight is 383 g/mol. The minimum absolute atomic E-state index is 0.106. The van der Waals surface area contributed by atoms with Crippen molar-refractivity contribution in [3.63, 3.8) is 0 Å². The quantitative estimate of drug-likeness (QED) is 0.602. The van der Waals surface area contributed by atoms with Gasteiger partial charge in [-0.1, -0.05) is 45.0 Å². The lowest BCUT2D eigenvalue weighted by molar-refractivity contribution is 0.260. The molecule has 2 aliphatic rings. The van der Waals surface area contributed by atoms with Crippen molar-refractivity contribution in [3.05, 3.63) is 58.7 Å². The first-order valence-corrected chi connectivity index (χ1v) is 10.2. The van der Waals surface area contributed by atoms with Crippen molar-refractivity contribution >= 4 is 0 Å². The minimum atomic E-state index is -0.106. The predicted octanol–water partition coefficient (Wildman–Crippen LogP) is 4.44. The Labute approximate surface area is 167 Å². The number of hydrogen-bond acceptors (Lipinski definition) is 4. The van der Waals surface area contributed by atoms with Crippen molar-refractivity contribution in [2.24, 2.45) is 0 Å². The summed E-state index contributed by atoms with van der Waals surface area (Å²) in [6.07, 6.45) is 1.49. The molecule has 2 saturated heterocycles. The van der Waals surface area contributed by atoms with E-state index in [1.807, 2.05) is 0 Å². The molecule has 0 aliphatic carbocycles. The molecule has 2 unspecified atom stereocenters. The Bertz CT molecular complexity index is 817. The lowest BCUT2D eigenvalue weighted by Gasteiger charge is -2.28. The molecule has 150 valence electrons. The van der Waals surface area contributed by atoms with E-state index in [0.29, 0.717) is 13.2 Å². The van der Waals surface area contributed by atoms with Crippen LogP contribution in [0, 0.1) is 6.92 Å². The maximum atomic E-state index is 6.07. The van der Waals surface area contributed by atoms with Crippen LogP contribution in [-0.4, -0.2) is 38.6 Å². The Balaban J connectivity index is 1.54. The van der Waals surface area contributed by atoms with Gasteiger partial charge in [0.25, 0.3) is 0 Å². The molecular weight excluding hydrogens is 352 g/mol. The topological polar surface area (TPSA) is 43.5 Å². The van der Waals surface area contributed by atoms with Crippen LogP contribution in [0.4, 0.5) is 0 Å². The number of hydrogen-bond donors (Lipinski definition) is 0. The van der Waals surface area contributed by atoms with Gasteiger partial charge >= 0.3 is 0 Å². The summed E-state index contributed by atoms with van der Waals surface area (Å²) in [6, 6.07) is 13.0. The Kier molecular flexibility index (Phi) is 5.35. The molecule has 4 heteroatoms. The third-order valence-electron chi connectivity index (χ3n) is 5.68. The lowest BCUT2D eigenvalue weighted by Crippen LogP contribution is -2.20. The second-order valence-electron chi connectivity index (χ2n) is 8.32. The van der Waals surface area contributed by atoms with Crippen LogP contribution in [0.2, 0.25) is 0 Å². The maximum absolute atomic E-state index is 6.07. The van der Waals surface area contributed by atoms with Gasteiger partial charge in [0, 0.05) is 5.41 Å². The molecule has 2 aliphatic heterocycles. The first-order valence-electron chi connectivity index (χ1n) is 10.2. The molecule has 0 aromatic heterocycles. The van der Waals surface area contributed by atoms with Gasteiger partial charge in [0.05, 0.1) is 13.2 Å². The fourth-order valence-corrected chi connectivity index (χ4v) is 3.51. The van der Waals surface area contributed by atoms with Crippen molar-refractivity contribution in [1.29, 1.82) is 0 Å². The lowest BCUT2D eigenvalue weighted by atomic mass is 9.77. The third kappa shape index (κ3) is 4.34. The second-order valence-corrected chi connectivity index (χ2v) is 8.32. The van der Waals surface area contributed by atoms with Crippen LogP contribution in [-0.2, 0) is 21.3 Å². The van der Waals surface area contributed by atoms with Crippen molar-refractivity contribution in [2.75, 3.05) is 26.4 Å². The SMILES string of the molecule is CCc1cc(C(C)(C)c2ccc(OCC3CO3)cc2)cc(C)c1OCC1CO1. The minimum Gasteiger partial charge on any atom is -0.491 e. The zero-order valence-corrected chi connectivity index (χ0v) is 17.3. The zero-order chi connectivity index (χ0) is 19.7. The number of epoxide rings is 2. The molecule has 0 saturated carbocycles. The van der Waals surface area contributed by atoms with Crippen LogP contribution in [0.15, 0.2) is 36.4 Å². The average Bonchev–Trinajstić information content (AvgIpc) is 3.60. The molecular formula is C24H30O4. The standard InChI is InChI=1S/C24H30O4/c1-5-17-11-19(10-16(2)23(17)28-15-22-14-27-22)24(3,4)18-6-8-20(9-7-18)25-12-21-13-26-21/h6-11,21-22H,5,12-15H2,1-4H3. The van der Waals surface area contributed by atoms with Crippen LogP contribution in [0.25, 0.3) is 0 Å². The molecule has 0 radical (unpaired) electrons. The van der Waals surface area contributed by atoms with E-state index in [2.05, 4.69) is 64.1 Å². The van der Waals surface area contributed by atoms with Crippen molar-refractivity contribution in [2.45, 2.75) is 51.7 Å². The highest BCUT2D eigenvalue weighted by Crippen LogP contribution is 2.37. The van der Waals surface area contributed by atoms with Gasteiger partial charge in [-0.2, -0.15) is 0 Å². The molecule has 0 spiro atoms. The predicted molar refractivity (Wildman–Crippen MR) is 110 cm³/mol. The molecule has 2 atom stereocenters. The summed E-state index contributed by atoms with van der Waals surface area (Å²) in [5.41, 5.74) is 4.91. The molecule has 2 fully saturated rings. The van der Waals surface area contributed by atoms with Gasteiger partial charge in [0.2, 0.25) is 0 Å². The summed E-state index contributed by atoms with van der Waals surface area (Å²) in [6.45, 7) is 11.8. The van der Waals surface area contributed by atoms with Crippen LogP contribution in [0.1, 0.15) is 43.0 Å². The molecule has 0 bridgehead atoms. The summed E-state index contributed by atoms with van der Waals surface area (Å²) < 4.78 is 22.3. The highest BCUT2D eigenvalue weighted by molar-refractivity contribution is 5.49. The van der Waals surface area contributed by atoms with Gasteiger partial charge in [-0.15, -0.1) is 0 Å². The van der Waals surface area contributed by atoms with E-state index in [4.69, 9.17) is 18.9 Å². The maximum Gasteiger partial charge on any atom is 0.125 e. The monoisotopic (exact) mass is 382 g/mol. The fraction of sp³-hybridized carbons (Fsp3) is 0.500. The number of ether oxygens (including phenoxy) is 4. The largest absolute Gasteiger partial charge is 0.491 e. The van der Waals surface area contributed by atoms with Crippen LogP contribution in [0.3, 0.4) is 0 Å². The van der Waals surface area contributed by atoms with Gasteiger partial charge in [0.15, 0.2) is 0 Å². The molecule has 0 N–H and O–H groups in total. The van der Waals surface area contributed by atoms with E-state index in [1.54, 1.807) is 0 Å². The Morgan fingerprint density at radius 1 is 0.929 bits per heavy atom. The van der Waals surface area contributed by atoms with Crippen molar-refractivity contribution in [1.82, 2.24) is 0 Å².